The summed E-state index contributed by atoms with van der Waals surface area (Å²) in [4.78, 5) is 3.98. The summed E-state index contributed by atoms with van der Waals surface area (Å²) in [6.07, 6.45) is 5.63. The fourth-order valence-corrected chi connectivity index (χ4v) is 7.13. The van der Waals surface area contributed by atoms with Crippen molar-refractivity contribution in [3.05, 3.63) is 138 Å². The fraction of sp³-hybridized carbons (Fsp3) is 0.200. The summed E-state index contributed by atoms with van der Waals surface area (Å²) >= 11 is 0. The van der Waals surface area contributed by atoms with Gasteiger partial charge in [-0.15, -0.1) is 0 Å². The molecule has 242 valence electrons. The molecule has 2 heterocycles. The number of nitriles is 1. The fourth-order valence-electron chi connectivity index (χ4n) is 7.13. The molecule has 0 radical (unpaired) electrons. The molecular formula is C45H42N4. The average Bonchev–Trinajstić information content (AvgIpc) is 3.59. The number of rotatable bonds is 5. The van der Waals surface area contributed by atoms with Gasteiger partial charge in [0.2, 0.25) is 0 Å². The molecule has 7 aromatic rings. The van der Waals surface area contributed by atoms with Gasteiger partial charge in [0.25, 0.3) is 0 Å². The van der Waals surface area contributed by atoms with Crippen LogP contribution in [-0.2, 0) is 10.8 Å². The quantitative estimate of drug-likeness (QED) is 0.137. The van der Waals surface area contributed by atoms with Crippen LogP contribution in [0.5, 0.6) is 0 Å². The molecule has 0 unspecified atom stereocenters. The number of fused-ring (bicyclic) bond motifs is 6. The highest BCUT2D eigenvalue weighted by Crippen LogP contribution is 2.42. The van der Waals surface area contributed by atoms with E-state index in [1.807, 2.05) is 19.1 Å². The Hall–Kier alpha value is -5.66. The Morgan fingerprint density at radius 2 is 1.12 bits per heavy atom. The number of aromatic nitrogens is 2. The van der Waals surface area contributed by atoms with E-state index in [-0.39, 0.29) is 10.8 Å². The van der Waals surface area contributed by atoms with Crippen LogP contribution in [0.3, 0.4) is 0 Å². The van der Waals surface area contributed by atoms with Crippen LogP contribution in [0.25, 0.3) is 60.6 Å². The molecule has 0 saturated carbocycles. The van der Waals surface area contributed by atoms with Crippen molar-refractivity contribution in [2.24, 2.45) is 4.99 Å². The van der Waals surface area contributed by atoms with Crippen LogP contribution in [0.15, 0.2) is 120 Å². The molecule has 0 aliphatic rings. The van der Waals surface area contributed by atoms with Gasteiger partial charge in [0.1, 0.15) is 0 Å². The minimum Gasteiger partial charge on any atom is -0.307 e. The topological polar surface area (TPSA) is 46.0 Å². The molecule has 0 fully saturated rings. The first kappa shape index (κ1) is 31.9. The van der Waals surface area contributed by atoms with Crippen LogP contribution < -0.4 is 0 Å². The lowest BCUT2D eigenvalue weighted by atomic mass is 9.86. The monoisotopic (exact) mass is 638 g/mol. The third-order valence-corrected chi connectivity index (χ3v) is 9.78. The van der Waals surface area contributed by atoms with Gasteiger partial charge in [0.15, 0.2) is 0 Å². The maximum absolute atomic E-state index is 10.7. The average molecular weight is 639 g/mol. The Labute approximate surface area is 288 Å². The first-order valence-corrected chi connectivity index (χ1v) is 16.9. The van der Waals surface area contributed by atoms with Crippen molar-refractivity contribution >= 4 is 55.9 Å². The molecule has 0 N–H and O–H groups in total. The highest BCUT2D eigenvalue weighted by molar-refractivity contribution is 6.12. The second kappa shape index (κ2) is 11.8. The number of hydrogen-bond acceptors (Lipinski definition) is 2. The van der Waals surface area contributed by atoms with Crippen LogP contribution in [0.2, 0.25) is 0 Å². The predicted octanol–water partition coefficient (Wildman–Crippen LogP) is 12.0. The lowest BCUT2D eigenvalue weighted by molar-refractivity contribution is 0.590. The number of allylic oxidation sites excluding steroid dienone is 3. The molecule has 0 aliphatic carbocycles. The second-order valence-corrected chi connectivity index (χ2v) is 14.9. The molecule has 49 heavy (non-hydrogen) atoms. The standard InChI is InChI=1S/C45H42N4/c1-9-29(22-23-47-8)37-27-43(49-39-17-13-11-15-34(39)36-21-19-32(26-41(36)49)45(5,6)7)42(24-30(37)28-46)48-38-16-12-10-14-33(38)35-20-18-31(25-40(35)48)44(2,3)4/h9-27H,8H2,1-7H3/b23-22-,29-9+. The van der Waals surface area contributed by atoms with E-state index in [1.165, 1.54) is 32.7 Å². The molecule has 0 amide bonds. The smallest absolute Gasteiger partial charge is 0.0998 e. The van der Waals surface area contributed by atoms with Crippen LogP contribution in [-0.4, -0.2) is 15.9 Å². The molecule has 4 nitrogen and oxygen atoms in total. The van der Waals surface area contributed by atoms with E-state index in [9.17, 15) is 5.26 Å². The van der Waals surface area contributed by atoms with E-state index in [0.717, 1.165) is 44.6 Å². The van der Waals surface area contributed by atoms with Gasteiger partial charge in [0, 0.05) is 33.3 Å². The highest BCUT2D eigenvalue weighted by Gasteiger charge is 2.24. The summed E-state index contributed by atoms with van der Waals surface area (Å²) in [5.74, 6) is 0. The zero-order chi connectivity index (χ0) is 34.7. The molecular weight excluding hydrogens is 597 g/mol. The number of aliphatic imine (C=N–C) groups is 1. The SMILES string of the molecule is C=N/C=C\C(=C/C)c1cc(-n2c3ccccc3c3ccc(C(C)(C)C)cc32)c(-n2c3ccccc3c3ccc(C(C)(C)C)cc32)cc1C#N. The first-order chi connectivity index (χ1) is 23.5. The minimum absolute atomic E-state index is 0.0368. The first-order valence-electron chi connectivity index (χ1n) is 16.9. The van der Waals surface area contributed by atoms with E-state index in [2.05, 4.69) is 166 Å². The van der Waals surface area contributed by atoms with Gasteiger partial charge in [-0.2, -0.15) is 5.26 Å². The Morgan fingerprint density at radius 1 is 0.653 bits per heavy atom. The van der Waals surface area contributed by atoms with E-state index in [0.29, 0.717) is 5.56 Å². The predicted molar refractivity (Wildman–Crippen MR) is 210 cm³/mol. The van der Waals surface area contributed by atoms with Crippen molar-refractivity contribution in [2.45, 2.75) is 59.3 Å². The summed E-state index contributed by atoms with van der Waals surface area (Å²) in [7, 11) is 0. The zero-order valence-corrected chi connectivity index (χ0v) is 29.5. The highest BCUT2D eigenvalue weighted by atomic mass is 15.1. The molecule has 7 rings (SSSR count). The number of hydrogen-bond donors (Lipinski definition) is 0. The molecule has 0 bridgehead atoms. The van der Waals surface area contributed by atoms with E-state index >= 15 is 0 Å². The van der Waals surface area contributed by atoms with Crippen LogP contribution >= 0.6 is 0 Å². The molecule has 0 saturated heterocycles. The summed E-state index contributed by atoms with van der Waals surface area (Å²) in [6, 6.07) is 37.8. The van der Waals surface area contributed by atoms with Gasteiger partial charge in [-0.25, -0.2) is 0 Å². The van der Waals surface area contributed by atoms with Crippen molar-refractivity contribution in [1.82, 2.24) is 9.13 Å². The molecule has 0 atom stereocenters. The van der Waals surface area contributed by atoms with E-state index in [4.69, 9.17) is 0 Å². The summed E-state index contributed by atoms with van der Waals surface area (Å²) in [6.45, 7) is 19.2. The maximum atomic E-state index is 10.7. The van der Waals surface area contributed by atoms with Crippen LogP contribution in [0.1, 0.15) is 70.7 Å². The third kappa shape index (κ3) is 5.27. The summed E-state index contributed by atoms with van der Waals surface area (Å²) in [5.41, 5.74) is 11.2. The largest absolute Gasteiger partial charge is 0.307 e. The van der Waals surface area contributed by atoms with Crippen molar-refractivity contribution in [2.75, 3.05) is 0 Å². The Balaban J connectivity index is 1.71. The lowest BCUT2D eigenvalue weighted by Gasteiger charge is -2.22. The second-order valence-electron chi connectivity index (χ2n) is 14.9. The zero-order valence-electron chi connectivity index (χ0n) is 29.5. The number of nitrogens with zero attached hydrogens (tertiary/aromatic N) is 4. The Bertz CT molecular complexity index is 2550. The minimum atomic E-state index is -0.0392. The van der Waals surface area contributed by atoms with E-state index in [1.54, 1.807) is 6.20 Å². The summed E-state index contributed by atoms with van der Waals surface area (Å²) in [5, 5.41) is 15.5. The lowest BCUT2D eigenvalue weighted by Crippen LogP contribution is -2.12. The Kier molecular flexibility index (Phi) is 7.68. The molecule has 2 aromatic heterocycles. The molecule has 0 spiro atoms. The van der Waals surface area contributed by atoms with Crippen LogP contribution in [0.4, 0.5) is 0 Å². The van der Waals surface area contributed by atoms with Gasteiger partial charge in [-0.1, -0.05) is 108 Å². The van der Waals surface area contributed by atoms with Crippen LogP contribution in [0, 0.1) is 11.3 Å². The van der Waals surface area contributed by atoms with Gasteiger partial charge >= 0.3 is 0 Å². The summed E-state index contributed by atoms with van der Waals surface area (Å²) < 4.78 is 4.77. The normalized spacial score (nSPS) is 12.9. The van der Waals surface area contributed by atoms with Gasteiger partial charge in [0.05, 0.1) is 45.1 Å². The van der Waals surface area contributed by atoms with Crippen molar-refractivity contribution < 1.29 is 0 Å². The molecule has 5 aromatic carbocycles. The van der Waals surface area contributed by atoms with Gasteiger partial charge < -0.3 is 9.13 Å². The van der Waals surface area contributed by atoms with Gasteiger partial charge in [-0.05, 0) is 83.6 Å². The van der Waals surface area contributed by atoms with Gasteiger partial charge in [-0.3, -0.25) is 4.99 Å². The number of para-hydroxylation sites is 2. The van der Waals surface area contributed by atoms with Crippen molar-refractivity contribution in [1.29, 1.82) is 5.26 Å². The van der Waals surface area contributed by atoms with Crippen molar-refractivity contribution in [3.8, 4) is 17.4 Å². The van der Waals surface area contributed by atoms with E-state index < -0.39 is 0 Å². The molecule has 4 heteroatoms. The Morgan fingerprint density at radius 3 is 1.57 bits per heavy atom. The maximum Gasteiger partial charge on any atom is 0.0998 e. The van der Waals surface area contributed by atoms with Crippen molar-refractivity contribution in [3.63, 3.8) is 0 Å². The number of benzene rings is 5. The third-order valence-electron chi connectivity index (χ3n) is 9.78. The molecule has 0 aliphatic heterocycles.